The zero-order valence-electron chi connectivity index (χ0n) is 15.2. The van der Waals surface area contributed by atoms with Gasteiger partial charge in [0.25, 0.3) is 0 Å². The Labute approximate surface area is 165 Å². The Balaban J connectivity index is 1.76. The van der Waals surface area contributed by atoms with Crippen LogP contribution in [-0.4, -0.2) is 29.6 Å². The van der Waals surface area contributed by atoms with Gasteiger partial charge >= 0.3 is 10.4 Å². The van der Waals surface area contributed by atoms with Gasteiger partial charge in [0.1, 0.15) is 12.4 Å². The third-order valence-electron chi connectivity index (χ3n) is 6.08. The number of carbonyl (C=O) groups excluding carboxylic acids is 2. The average Bonchev–Trinajstić information content (AvgIpc) is 3.11. The van der Waals surface area contributed by atoms with Crippen LogP contribution in [0.1, 0.15) is 80.7 Å². The van der Waals surface area contributed by atoms with Crippen molar-refractivity contribution in [2.45, 2.75) is 37.4 Å². The second-order valence-corrected chi connectivity index (χ2v) is 8.79. The van der Waals surface area contributed by atoms with Crippen LogP contribution < -0.4 is 0 Å². The SMILES string of the molecule is CC12CCC(=O)c3coc(c31)C(=O)c1cc3c(cc12)C(OS(=O)(=O)O)C=CC3O. The van der Waals surface area contributed by atoms with Crippen LogP contribution in [0.15, 0.2) is 35.0 Å². The highest BCUT2D eigenvalue weighted by Gasteiger charge is 2.48. The first-order valence-corrected chi connectivity index (χ1v) is 10.4. The summed E-state index contributed by atoms with van der Waals surface area (Å²) in [5, 5.41) is 10.4. The molecule has 8 nitrogen and oxygen atoms in total. The number of hydrogen-bond acceptors (Lipinski definition) is 7. The van der Waals surface area contributed by atoms with Crippen LogP contribution in [-0.2, 0) is 20.0 Å². The van der Waals surface area contributed by atoms with Crippen molar-refractivity contribution in [1.29, 1.82) is 0 Å². The molecule has 5 rings (SSSR count). The molecular weight excluding hydrogens is 400 g/mol. The monoisotopic (exact) mass is 416 g/mol. The molecule has 3 aliphatic rings. The van der Waals surface area contributed by atoms with Gasteiger partial charge in [-0.25, -0.2) is 4.18 Å². The fourth-order valence-electron chi connectivity index (χ4n) is 4.70. The van der Waals surface area contributed by atoms with E-state index in [1.165, 1.54) is 24.5 Å². The van der Waals surface area contributed by atoms with Crippen LogP contribution in [0.4, 0.5) is 0 Å². The Morgan fingerprint density at radius 1 is 1.17 bits per heavy atom. The van der Waals surface area contributed by atoms with E-state index >= 15 is 0 Å². The maximum absolute atomic E-state index is 13.1. The number of carbonyl (C=O) groups is 2. The van der Waals surface area contributed by atoms with Gasteiger partial charge in [0.05, 0.1) is 11.7 Å². The Bertz CT molecular complexity index is 1240. The maximum Gasteiger partial charge on any atom is 0.398 e. The summed E-state index contributed by atoms with van der Waals surface area (Å²) < 4.78 is 41.9. The van der Waals surface area contributed by atoms with E-state index in [-0.39, 0.29) is 18.0 Å². The Kier molecular flexibility index (Phi) is 3.64. The van der Waals surface area contributed by atoms with E-state index in [0.717, 1.165) is 0 Å². The smallest absolute Gasteiger partial charge is 0.398 e. The molecular formula is C20H16O8S. The van der Waals surface area contributed by atoms with Gasteiger partial charge in [-0.1, -0.05) is 25.1 Å². The summed E-state index contributed by atoms with van der Waals surface area (Å²) in [6, 6.07) is 3.13. The number of ketones is 2. The molecule has 150 valence electrons. The molecule has 0 fully saturated rings. The standard InChI is InChI=1S/C20H16O8S/c1-20-5-4-15(22)12-8-27-19(17(12)20)18(23)11-6-9-10(7-13(11)20)16(3-2-14(9)21)28-29(24,25)26/h2-3,6-8,14,16,21H,4-5H2,1H3,(H,24,25,26). The molecule has 0 saturated heterocycles. The fourth-order valence-corrected chi connectivity index (χ4v) is 5.13. The van der Waals surface area contributed by atoms with Crippen LogP contribution in [0.5, 0.6) is 0 Å². The van der Waals surface area contributed by atoms with Gasteiger partial charge in [-0.3, -0.25) is 14.1 Å². The normalized spacial score (nSPS) is 27.4. The van der Waals surface area contributed by atoms with E-state index in [1.807, 2.05) is 6.92 Å². The van der Waals surface area contributed by atoms with E-state index in [1.54, 1.807) is 6.07 Å². The third-order valence-corrected chi connectivity index (χ3v) is 6.53. The molecule has 29 heavy (non-hydrogen) atoms. The molecule has 0 bridgehead atoms. The van der Waals surface area contributed by atoms with Crippen molar-refractivity contribution in [2.24, 2.45) is 0 Å². The van der Waals surface area contributed by atoms with Crippen LogP contribution in [0.25, 0.3) is 0 Å². The number of furan rings is 1. The lowest BCUT2D eigenvalue weighted by Crippen LogP contribution is -2.37. The summed E-state index contributed by atoms with van der Waals surface area (Å²) >= 11 is 0. The van der Waals surface area contributed by atoms with Crippen LogP contribution >= 0.6 is 0 Å². The lowest BCUT2D eigenvalue weighted by molar-refractivity contribution is 0.0957. The van der Waals surface area contributed by atoms with Gasteiger partial charge < -0.3 is 9.52 Å². The molecule has 1 heterocycles. The van der Waals surface area contributed by atoms with E-state index in [9.17, 15) is 23.1 Å². The van der Waals surface area contributed by atoms with Crippen molar-refractivity contribution in [3.8, 4) is 0 Å². The molecule has 1 aromatic heterocycles. The third kappa shape index (κ3) is 2.52. The maximum atomic E-state index is 13.1. The predicted molar refractivity (Wildman–Crippen MR) is 98.1 cm³/mol. The Hall–Kier alpha value is -2.59. The van der Waals surface area contributed by atoms with Crippen molar-refractivity contribution in [3.63, 3.8) is 0 Å². The summed E-state index contributed by atoms with van der Waals surface area (Å²) in [5.74, 6) is -0.368. The molecule has 0 radical (unpaired) electrons. The van der Waals surface area contributed by atoms with Gasteiger partial charge in [-0.2, -0.15) is 8.42 Å². The lowest BCUT2D eigenvalue weighted by atomic mass is 9.62. The Morgan fingerprint density at radius 3 is 2.66 bits per heavy atom. The molecule has 1 aromatic carbocycles. The molecule has 3 atom stereocenters. The van der Waals surface area contributed by atoms with Gasteiger partial charge in [-0.15, -0.1) is 0 Å². The van der Waals surface area contributed by atoms with Crippen LogP contribution in [0.3, 0.4) is 0 Å². The summed E-state index contributed by atoms with van der Waals surface area (Å²) in [4.78, 5) is 25.4. The zero-order valence-corrected chi connectivity index (χ0v) is 16.0. The number of aliphatic hydroxyl groups is 1. The molecule has 9 heteroatoms. The van der Waals surface area contributed by atoms with Gasteiger partial charge in [0.15, 0.2) is 11.5 Å². The van der Waals surface area contributed by atoms with Crippen molar-refractivity contribution < 1.29 is 36.3 Å². The Morgan fingerprint density at radius 2 is 1.93 bits per heavy atom. The fraction of sp³-hybridized carbons (Fsp3) is 0.300. The highest BCUT2D eigenvalue weighted by Crippen LogP contribution is 2.51. The zero-order chi connectivity index (χ0) is 20.7. The molecule has 0 spiro atoms. The van der Waals surface area contributed by atoms with Crippen LogP contribution in [0, 0.1) is 0 Å². The first kappa shape index (κ1) is 18.4. The summed E-state index contributed by atoms with van der Waals surface area (Å²) in [6.07, 6.45) is 2.48. The first-order valence-electron chi connectivity index (χ1n) is 9.00. The van der Waals surface area contributed by atoms with E-state index in [4.69, 9.17) is 13.2 Å². The number of Topliss-reactive ketones (excluding diaryl/α,β-unsaturated/α-hetero) is 1. The van der Waals surface area contributed by atoms with E-state index in [2.05, 4.69) is 0 Å². The minimum absolute atomic E-state index is 0.0902. The van der Waals surface area contributed by atoms with Crippen LogP contribution in [0.2, 0.25) is 0 Å². The minimum Gasteiger partial charge on any atom is -0.460 e. The van der Waals surface area contributed by atoms with Gasteiger partial charge in [-0.05, 0) is 29.2 Å². The van der Waals surface area contributed by atoms with E-state index in [0.29, 0.717) is 39.8 Å². The highest BCUT2D eigenvalue weighted by molar-refractivity contribution is 7.80. The summed E-state index contributed by atoms with van der Waals surface area (Å²) in [7, 11) is -4.75. The molecule has 0 amide bonds. The molecule has 3 unspecified atom stereocenters. The topological polar surface area (TPSA) is 131 Å². The number of benzene rings is 1. The quantitative estimate of drug-likeness (QED) is 0.564. The van der Waals surface area contributed by atoms with Gasteiger partial charge in [0.2, 0.25) is 5.78 Å². The summed E-state index contributed by atoms with van der Waals surface area (Å²) in [6.45, 7) is 1.91. The molecule has 2 aromatic rings. The van der Waals surface area contributed by atoms with E-state index < -0.39 is 33.8 Å². The number of fused-ring (bicyclic) bond motifs is 3. The van der Waals surface area contributed by atoms with Gasteiger partial charge in [0, 0.05) is 23.0 Å². The minimum atomic E-state index is -4.75. The number of aliphatic hydroxyl groups excluding tert-OH is 1. The second-order valence-electron chi connectivity index (χ2n) is 7.74. The molecule has 2 N–H and O–H groups in total. The predicted octanol–water partition coefficient (Wildman–Crippen LogP) is 2.57. The molecule has 0 aliphatic heterocycles. The molecule has 3 aliphatic carbocycles. The average molecular weight is 416 g/mol. The number of rotatable bonds is 2. The summed E-state index contributed by atoms with van der Waals surface area (Å²) in [5.41, 5.74) is 1.80. The largest absolute Gasteiger partial charge is 0.460 e. The lowest BCUT2D eigenvalue weighted by Gasteiger charge is -2.39. The molecule has 0 saturated carbocycles. The highest BCUT2D eigenvalue weighted by atomic mass is 32.3. The number of hydrogen-bond donors (Lipinski definition) is 2. The van der Waals surface area contributed by atoms with Crippen molar-refractivity contribution in [2.75, 3.05) is 0 Å². The van der Waals surface area contributed by atoms with Crippen molar-refractivity contribution >= 4 is 22.0 Å². The van der Waals surface area contributed by atoms with Crippen molar-refractivity contribution in [3.05, 3.63) is 69.7 Å². The first-order chi connectivity index (χ1) is 13.6. The van der Waals surface area contributed by atoms with Crippen molar-refractivity contribution in [1.82, 2.24) is 0 Å². The second kappa shape index (κ2) is 5.73.